The Morgan fingerprint density at radius 1 is 1.44 bits per heavy atom. The van der Waals surface area contributed by atoms with E-state index in [2.05, 4.69) is 23.2 Å². The summed E-state index contributed by atoms with van der Waals surface area (Å²) in [6.07, 6.45) is 5.12. The third kappa shape index (κ3) is 2.23. The van der Waals surface area contributed by atoms with Crippen LogP contribution in [-0.4, -0.2) is 43.8 Å². The van der Waals surface area contributed by atoms with Gasteiger partial charge in [-0.05, 0) is 13.0 Å². The van der Waals surface area contributed by atoms with Gasteiger partial charge in [0.05, 0.1) is 17.0 Å². The summed E-state index contributed by atoms with van der Waals surface area (Å²) in [5, 5.41) is 3.34. The lowest BCUT2D eigenvalue weighted by Crippen LogP contribution is -2.44. The molecule has 16 heavy (non-hydrogen) atoms. The first-order valence-electron chi connectivity index (χ1n) is 5.84. The molecule has 2 rings (SSSR count). The van der Waals surface area contributed by atoms with Crippen LogP contribution in [0.15, 0.2) is 23.5 Å². The first-order chi connectivity index (χ1) is 7.64. The van der Waals surface area contributed by atoms with Crippen LogP contribution in [0.2, 0.25) is 0 Å². The molecule has 1 heterocycles. The number of nitrogens with one attached hydrogen (secondary N) is 1. The molecular formula is C12H21N3O. The summed E-state index contributed by atoms with van der Waals surface area (Å²) in [6, 6.07) is 0. The second kappa shape index (κ2) is 4.47. The highest BCUT2D eigenvalue weighted by molar-refractivity contribution is 5.34. The van der Waals surface area contributed by atoms with Crippen molar-refractivity contribution in [3.63, 3.8) is 0 Å². The van der Waals surface area contributed by atoms with Crippen LogP contribution >= 0.6 is 0 Å². The van der Waals surface area contributed by atoms with E-state index in [9.17, 15) is 0 Å². The van der Waals surface area contributed by atoms with E-state index >= 15 is 0 Å². The van der Waals surface area contributed by atoms with Crippen molar-refractivity contribution in [1.29, 1.82) is 0 Å². The van der Waals surface area contributed by atoms with Crippen LogP contribution in [0.1, 0.15) is 13.3 Å². The summed E-state index contributed by atoms with van der Waals surface area (Å²) in [7, 11) is 1.73. The van der Waals surface area contributed by atoms with Crippen LogP contribution in [0.4, 0.5) is 0 Å². The predicted octanol–water partition coefficient (Wildman–Crippen LogP) is 0.427. The summed E-state index contributed by atoms with van der Waals surface area (Å²) in [4.78, 5) is 2.34. The Morgan fingerprint density at radius 2 is 2.12 bits per heavy atom. The normalized spacial score (nSPS) is 31.0. The number of rotatable bonds is 2. The fraction of sp³-hybridized carbons (Fsp3) is 0.667. The number of piperazine rings is 1. The van der Waals surface area contributed by atoms with Crippen molar-refractivity contribution in [3.8, 4) is 0 Å². The average molecular weight is 223 g/mol. The molecule has 0 radical (unpaired) electrons. The van der Waals surface area contributed by atoms with Crippen molar-refractivity contribution >= 4 is 0 Å². The van der Waals surface area contributed by atoms with Gasteiger partial charge in [0.2, 0.25) is 0 Å². The van der Waals surface area contributed by atoms with Gasteiger partial charge in [0.15, 0.2) is 0 Å². The molecule has 0 bridgehead atoms. The maximum Gasteiger partial charge on any atom is 0.0889 e. The highest BCUT2D eigenvalue weighted by Gasteiger charge is 2.27. The predicted molar refractivity (Wildman–Crippen MR) is 64.8 cm³/mol. The zero-order chi connectivity index (χ0) is 11.6. The SMILES string of the molecule is COC1(C)C=C(N)C(N2CCNCC2)=CC1. The first-order valence-corrected chi connectivity index (χ1v) is 5.84. The Morgan fingerprint density at radius 3 is 2.69 bits per heavy atom. The van der Waals surface area contributed by atoms with Gasteiger partial charge in [0.25, 0.3) is 0 Å². The van der Waals surface area contributed by atoms with E-state index in [4.69, 9.17) is 10.5 Å². The molecular weight excluding hydrogens is 202 g/mol. The van der Waals surface area contributed by atoms with Crippen molar-refractivity contribution in [2.24, 2.45) is 5.73 Å². The summed E-state index contributed by atoms with van der Waals surface area (Å²) in [5.74, 6) is 0. The zero-order valence-electron chi connectivity index (χ0n) is 10.1. The van der Waals surface area contributed by atoms with Crippen LogP contribution in [0.25, 0.3) is 0 Å². The van der Waals surface area contributed by atoms with E-state index in [1.807, 2.05) is 6.08 Å². The number of nitrogens with zero attached hydrogens (tertiary/aromatic N) is 1. The molecule has 0 aromatic carbocycles. The number of methoxy groups -OCH3 is 1. The van der Waals surface area contributed by atoms with Crippen molar-refractivity contribution in [3.05, 3.63) is 23.5 Å². The largest absolute Gasteiger partial charge is 0.397 e. The second-order valence-electron chi connectivity index (χ2n) is 4.65. The maximum atomic E-state index is 6.11. The Hall–Kier alpha value is -1.00. The lowest BCUT2D eigenvalue weighted by molar-refractivity contribution is 0.0483. The van der Waals surface area contributed by atoms with E-state index in [0.29, 0.717) is 0 Å². The van der Waals surface area contributed by atoms with Gasteiger partial charge in [-0.15, -0.1) is 0 Å². The van der Waals surface area contributed by atoms with Crippen LogP contribution in [-0.2, 0) is 4.74 Å². The molecule has 1 saturated heterocycles. The van der Waals surface area contributed by atoms with Gasteiger partial charge in [-0.1, -0.05) is 6.08 Å². The van der Waals surface area contributed by atoms with Crippen LogP contribution in [0, 0.1) is 0 Å². The van der Waals surface area contributed by atoms with Gasteiger partial charge in [0.1, 0.15) is 0 Å². The standard InChI is InChI=1S/C12H21N3O/c1-12(16-2)4-3-11(10(13)9-12)15-7-5-14-6-8-15/h3,9,14H,4-8,13H2,1-2H3. The minimum atomic E-state index is -0.235. The molecule has 0 spiro atoms. The molecule has 0 aromatic rings. The summed E-state index contributed by atoms with van der Waals surface area (Å²) < 4.78 is 5.45. The van der Waals surface area contributed by atoms with Crippen LogP contribution in [0.3, 0.4) is 0 Å². The molecule has 0 aromatic heterocycles. The summed E-state index contributed by atoms with van der Waals surface area (Å²) in [5.41, 5.74) is 7.90. The lowest BCUT2D eigenvalue weighted by atomic mass is 9.93. The quantitative estimate of drug-likeness (QED) is 0.712. The number of hydrogen-bond donors (Lipinski definition) is 2. The topological polar surface area (TPSA) is 50.5 Å². The maximum absolute atomic E-state index is 6.11. The minimum Gasteiger partial charge on any atom is -0.397 e. The molecule has 0 amide bonds. The summed E-state index contributed by atoms with van der Waals surface area (Å²) >= 11 is 0. The van der Waals surface area contributed by atoms with E-state index < -0.39 is 0 Å². The second-order valence-corrected chi connectivity index (χ2v) is 4.65. The van der Waals surface area contributed by atoms with Gasteiger partial charge in [-0.2, -0.15) is 0 Å². The highest BCUT2D eigenvalue weighted by Crippen LogP contribution is 2.28. The molecule has 0 saturated carbocycles. The lowest BCUT2D eigenvalue weighted by Gasteiger charge is -2.36. The van der Waals surface area contributed by atoms with Crippen molar-refractivity contribution in [1.82, 2.24) is 10.2 Å². The van der Waals surface area contributed by atoms with E-state index in [1.165, 1.54) is 5.70 Å². The molecule has 2 aliphatic rings. The molecule has 1 fully saturated rings. The third-order valence-electron chi connectivity index (χ3n) is 3.38. The zero-order valence-corrected chi connectivity index (χ0v) is 10.1. The third-order valence-corrected chi connectivity index (χ3v) is 3.38. The molecule has 3 N–H and O–H groups in total. The molecule has 4 nitrogen and oxygen atoms in total. The Bertz CT molecular complexity index is 318. The van der Waals surface area contributed by atoms with Crippen LogP contribution in [0.5, 0.6) is 0 Å². The van der Waals surface area contributed by atoms with Gasteiger partial charge < -0.3 is 20.7 Å². The Kier molecular flexibility index (Phi) is 3.21. The molecule has 1 aliphatic carbocycles. The fourth-order valence-corrected chi connectivity index (χ4v) is 2.24. The molecule has 1 atom stereocenters. The molecule has 1 unspecified atom stereocenters. The Balaban J connectivity index is 2.10. The van der Waals surface area contributed by atoms with Gasteiger partial charge in [0, 0.05) is 39.7 Å². The van der Waals surface area contributed by atoms with E-state index in [-0.39, 0.29) is 5.60 Å². The van der Waals surface area contributed by atoms with Crippen molar-refractivity contribution in [2.45, 2.75) is 18.9 Å². The highest BCUT2D eigenvalue weighted by atomic mass is 16.5. The number of ether oxygens (including phenoxy) is 1. The number of nitrogens with two attached hydrogens (primary N) is 1. The molecule has 4 heteroatoms. The van der Waals surface area contributed by atoms with Gasteiger partial charge in [-0.25, -0.2) is 0 Å². The van der Waals surface area contributed by atoms with Gasteiger partial charge >= 0.3 is 0 Å². The van der Waals surface area contributed by atoms with Crippen molar-refractivity contribution in [2.75, 3.05) is 33.3 Å². The fourth-order valence-electron chi connectivity index (χ4n) is 2.24. The van der Waals surface area contributed by atoms with E-state index in [0.717, 1.165) is 38.3 Å². The molecule has 1 aliphatic heterocycles. The average Bonchev–Trinajstić information content (AvgIpc) is 2.30. The summed E-state index contributed by atoms with van der Waals surface area (Å²) in [6.45, 7) is 6.19. The minimum absolute atomic E-state index is 0.235. The first kappa shape index (κ1) is 11.5. The number of hydrogen-bond acceptors (Lipinski definition) is 4. The van der Waals surface area contributed by atoms with Crippen molar-refractivity contribution < 1.29 is 4.74 Å². The smallest absolute Gasteiger partial charge is 0.0889 e. The Labute approximate surface area is 97.1 Å². The molecule has 90 valence electrons. The van der Waals surface area contributed by atoms with Crippen LogP contribution < -0.4 is 11.1 Å². The van der Waals surface area contributed by atoms with Gasteiger partial charge in [-0.3, -0.25) is 0 Å². The van der Waals surface area contributed by atoms with E-state index in [1.54, 1.807) is 7.11 Å². The monoisotopic (exact) mass is 223 g/mol.